The summed E-state index contributed by atoms with van der Waals surface area (Å²) in [6.45, 7) is 0. The summed E-state index contributed by atoms with van der Waals surface area (Å²) in [5, 5.41) is 12.0. The lowest BCUT2D eigenvalue weighted by Gasteiger charge is -2.11. The predicted molar refractivity (Wildman–Crippen MR) is 102 cm³/mol. The van der Waals surface area contributed by atoms with Gasteiger partial charge in [0, 0.05) is 11.8 Å². The van der Waals surface area contributed by atoms with E-state index in [-0.39, 0.29) is 5.57 Å². The van der Waals surface area contributed by atoms with Crippen molar-refractivity contribution in [2.24, 2.45) is 0 Å². The minimum absolute atomic E-state index is 0.0491. The van der Waals surface area contributed by atoms with Gasteiger partial charge in [0.15, 0.2) is 11.5 Å². The molecular weight excluding hydrogens is 400 g/mol. The maximum absolute atomic E-state index is 12.4. The number of nitrogens with zero attached hydrogens (tertiary/aromatic N) is 1. The lowest BCUT2D eigenvalue weighted by atomic mass is 10.1. The number of rotatable bonds is 6. The third-order valence-electron chi connectivity index (χ3n) is 3.46. The van der Waals surface area contributed by atoms with Gasteiger partial charge in [0.05, 0.1) is 25.8 Å². The number of carbonyl (C=O) groups is 1. The van der Waals surface area contributed by atoms with Gasteiger partial charge in [-0.05, 0) is 51.8 Å². The van der Waals surface area contributed by atoms with Crippen LogP contribution in [-0.4, -0.2) is 27.2 Å². The first-order chi connectivity index (χ1) is 12.5. The number of methoxy groups -OCH3 is 3. The van der Waals surface area contributed by atoms with Crippen LogP contribution in [-0.2, 0) is 4.79 Å². The van der Waals surface area contributed by atoms with Crippen LogP contribution in [0.3, 0.4) is 0 Å². The Hall–Kier alpha value is -2.98. The SMILES string of the molecule is COc1cccc(NC(=O)/C(C#N)=C/c2cc(Br)c(OC)c(OC)c2)c1. The number of nitriles is 1. The molecule has 0 unspecified atom stereocenters. The third-order valence-corrected chi connectivity index (χ3v) is 4.05. The molecule has 134 valence electrons. The summed E-state index contributed by atoms with van der Waals surface area (Å²) < 4.78 is 16.3. The van der Waals surface area contributed by atoms with Crippen molar-refractivity contribution in [3.63, 3.8) is 0 Å². The van der Waals surface area contributed by atoms with Gasteiger partial charge in [-0.2, -0.15) is 5.26 Å². The van der Waals surface area contributed by atoms with Gasteiger partial charge in [-0.1, -0.05) is 6.07 Å². The molecule has 2 rings (SSSR count). The molecular formula is C19H17BrN2O4. The first kappa shape index (κ1) is 19.3. The molecule has 0 fully saturated rings. The first-order valence-corrected chi connectivity index (χ1v) is 8.30. The van der Waals surface area contributed by atoms with Crippen molar-refractivity contribution in [3.8, 4) is 23.3 Å². The molecule has 0 aromatic heterocycles. The lowest BCUT2D eigenvalue weighted by molar-refractivity contribution is -0.112. The molecule has 7 heteroatoms. The number of anilines is 1. The average molecular weight is 417 g/mol. The molecule has 2 aromatic carbocycles. The van der Waals surface area contributed by atoms with Gasteiger partial charge in [0.25, 0.3) is 5.91 Å². The maximum atomic E-state index is 12.4. The average Bonchev–Trinajstić information content (AvgIpc) is 2.65. The van der Waals surface area contributed by atoms with Crippen molar-refractivity contribution in [2.45, 2.75) is 0 Å². The van der Waals surface area contributed by atoms with E-state index in [1.807, 2.05) is 6.07 Å². The monoisotopic (exact) mass is 416 g/mol. The van der Waals surface area contributed by atoms with Gasteiger partial charge in [-0.15, -0.1) is 0 Å². The second kappa shape index (κ2) is 8.92. The van der Waals surface area contributed by atoms with E-state index in [4.69, 9.17) is 14.2 Å². The zero-order valence-electron chi connectivity index (χ0n) is 14.5. The number of hydrogen-bond acceptors (Lipinski definition) is 5. The molecule has 0 radical (unpaired) electrons. The molecule has 0 saturated heterocycles. The highest BCUT2D eigenvalue weighted by molar-refractivity contribution is 9.10. The molecule has 1 N–H and O–H groups in total. The van der Waals surface area contributed by atoms with Gasteiger partial charge < -0.3 is 19.5 Å². The summed E-state index contributed by atoms with van der Waals surface area (Å²) in [4.78, 5) is 12.4. The van der Waals surface area contributed by atoms with Crippen LogP contribution in [0.5, 0.6) is 17.2 Å². The normalized spacial score (nSPS) is 10.7. The first-order valence-electron chi connectivity index (χ1n) is 7.51. The summed E-state index contributed by atoms with van der Waals surface area (Å²) >= 11 is 3.39. The van der Waals surface area contributed by atoms with Gasteiger partial charge in [-0.25, -0.2) is 0 Å². The van der Waals surface area contributed by atoms with Crippen LogP contribution < -0.4 is 19.5 Å². The van der Waals surface area contributed by atoms with Gasteiger partial charge in [0.1, 0.15) is 17.4 Å². The molecule has 1 amide bonds. The molecule has 0 spiro atoms. The summed E-state index contributed by atoms with van der Waals surface area (Å²) in [7, 11) is 4.58. The van der Waals surface area contributed by atoms with Crippen molar-refractivity contribution in [2.75, 3.05) is 26.6 Å². The summed E-state index contributed by atoms with van der Waals surface area (Å²) in [5.74, 6) is 1.10. The fourth-order valence-corrected chi connectivity index (χ4v) is 2.86. The minimum atomic E-state index is -0.522. The minimum Gasteiger partial charge on any atom is -0.497 e. The molecule has 0 atom stereocenters. The molecule has 0 bridgehead atoms. The van der Waals surface area contributed by atoms with Crippen LogP contribution in [0.2, 0.25) is 0 Å². The Labute approximate surface area is 160 Å². The summed E-state index contributed by atoms with van der Waals surface area (Å²) in [6, 6.07) is 12.2. The van der Waals surface area contributed by atoms with Crippen molar-refractivity contribution >= 4 is 33.6 Å². The maximum Gasteiger partial charge on any atom is 0.266 e. The van der Waals surface area contributed by atoms with Crippen LogP contribution in [0.4, 0.5) is 5.69 Å². The number of carbonyl (C=O) groups excluding carboxylic acids is 1. The van der Waals surface area contributed by atoms with Gasteiger partial charge >= 0.3 is 0 Å². The predicted octanol–water partition coefficient (Wildman–Crippen LogP) is 4.02. The zero-order chi connectivity index (χ0) is 19.1. The number of nitrogens with one attached hydrogen (secondary N) is 1. The molecule has 0 aliphatic heterocycles. The lowest BCUT2D eigenvalue weighted by Crippen LogP contribution is -2.13. The summed E-state index contributed by atoms with van der Waals surface area (Å²) in [5.41, 5.74) is 1.10. The Morgan fingerprint density at radius 3 is 2.54 bits per heavy atom. The van der Waals surface area contributed by atoms with E-state index in [1.54, 1.807) is 36.4 Å². The standard InChI is InChI=1S/C19H17BrN2O4/c1-24-15-6-4-5-14(10-15)22-19(23)13(11-21)7-12-8-16(20)18(26-3)17(9-12)25-2/h4-10H,1-3H3,(H,22,23)/b13-7+. The number of ether oxygens (including phenoxy) is 3. The topological polar surface area (TPSA) is 80.6 Å². The van der Waals surface area contributed by atoms with Crippen molar-refractivity contribution < 1.29 is 19.0 Å². The van der Waals surface area contributed by atoms with E-state index in [9.17, 15) is 10.1 Å². The quantitative estimate of drug-likeness (QED) is 0.567. The second-order valence-electron chi connectivity index (χ2n) is 5.09. The van der Waals surface area contributed by atoms with E-state index < -0.39 is 5.91 Å². The molecule has 2 aromatic rings. The Kier molecular flexibility index (Phi) is 6.64. The number of halogens is 1. The molecule has 0 aliphatic rings. The van der Waals surface area contributed by atoms with E-state index in [0.717, 1.165) is 0 Å². The highest BCUT2D eigenvalue weighted by Crippen LogP contribution is 2.36. The molecule has 0 saturated carbocycles. The smallest absolute Gasteiger partial charge is 0.266 e. The van der Waals surface area contributed by atoms with E-state index >= 15 is 0 Å². The van der Waals surface area contributed by atoms with Crippen LogP contribution in [0.1, 0.15) is 5.56 Å². The zero-order valence-corrected chi connectivity index (χ0v) is 16.1. The molecule has 0 aliphatic carbocycles. The van der Waals surface area contributed by atoms with Gasteiger partial charge in [-0.3, -0.25) is 4.79 Å². The Bertz CT molecular complexity index is 888. The van der Waals surface area contributed by atoms with Crippen LogP contribution >= 0.6 is 15.9 Å². The van der Waals surface area contributed by atoms with Crippen LogP contribution in [0.25, 0.3) is 6.08 Å². The van der Waals surface area contributed by atoms with Crippen LogP contribution in [0, 0.1) is 11.3 Å². The highest BCUT2D eigenvalue weighted by atomic mass is 79.9. The highest BCUT2D eigenvalue weighted by Gasteiger charge is 2.13. The summed E-state index contributed by atoms with van der Waals surface area (Å²) in [6.07, 6.45) is 1.47. The Balaban J connectivity index is 2.31. The number of hydrogen-bond donors (Lipinski definition) is 1. The molecule has 6 nitrogen and oxygen atoms in total. The fourth-order valence-electron chi connectivity index (χ4n) is 2.24. The Morgan fingerprint density at radius 2 is 1.92 bits per heavy atom. The Morgan fingerprint density at radius 1 is 1.15 bits per heavy atom. The van der Waals surface area contributed by atoms with E-state index in [1.165, 1.54) is 27.4 Å². The van der Waals surface area contributed by atoms with Crippen molar-refractivity contribution in [1.82, 2.24) is 0 Å². The fraction of sp³-hybridized carbons (Fsp3) is 0.158. The van der Waals surface area contributed by atoms with E-state index in [2.05, 4.69) is 21.2 Å². The number of amides is 1. The second-order valence-corrected chi connectivity index (χ2v) is 5.95. The van der Waals surface area contributed by atoms with Crippen LogP contribution in [0.15, 0.2) is 46.4 Å². The third kappa shape index (κ3) is 4.55. The largest absolute Gasteiger partial charge is 0.497 e. The number of benzene rings is 2. The van der Waals surface area contributed by atoms with Crippen molar-refractivity contribution in [3.05, 3.63) is 52.0 Å². The van der Waals surface area contributed by atoms with E-state index in [0.29, 0.717) is 33.0 Å². The van der Waals surface area contributed by atoms with Gasteiger partial charge in [0.2, 0.25) is 0 Å². The molecule has 0 heterocycles. The van der Waals surface area contributed by atoms with Crippen molar-refractivity contribution in [1.29, 1.82) is 5.26 Å². The molecule has 26 heavy (non-hydrogen) atoms.